The maximum Gasteiger partial charge on any atom is -1.00 e. The maximum atomic E-state index is 2.43. The van der Waals surface area contributed by atoms with Crippen LogP contribution in [0.5, 0.6) is 0 Å². The van der Waals surface area contributed by atoms with E-state index in [-0.39, 0.29) is 37.2 Å². The Hall–Kier alpha value is -0.496. The summed E-state index contributed by atoms with van der Waals surface area (Å²) in [5.41, 5.74) is 11.3. The molecule has 2 aromatic carbocycles. The Balaban J connectivity index is 0.00000243. The topological polar surface area (TPSA) is 0 Å². The van der Waals surface area contributed by atoms with Gasteiger partial charge in [0.05, 0.1) is 0 Å². The minimum atomic E-state index is 0. The largest absolute Gasteiger partial charge is 1.00 e. The summed E-state index contributed by atoms with van der Waals surface area (Å²) in [5, 5.41) is 0. The average molecular weight is 470 g/mol. The molecule has 0 saturated heterocycles. The second-order valence-electron chi connectivity index (χ2n) is 7.45. The molecule has 1 aliphatic rings. The molecule has 1 aliphatic carbocycles. The van der Waals surface area contributed by atoms with Gasteiger partial charge < -0.3 is 37.2 Å². The number of allylic oxidation sites excluding steroid dienone is 4. The van der Waals surface area contributed by atoms with E-state index in [9.17, 15) is 0 Å². The van der Waals surface area contributed by atoms with E-state index < -0.39 is 0 Å². The van der Waals surface area contributed by atoms with Gasteiger partial charge in [-0.3, -0.25) is 0 Å². The van der Waals surface area contributed by atoms with Gasteiger partial charge in [-0.05, 0) is 0 Å². The average Bonchev–Trinajstić information content (AvgIpc) is 2.87. The van der Waals surface area contributed by atoms with E-state index in [2.05, 4.69) is 97.5 Å². The summed E-state index contributed by atoms with van der Waals surface area (Å²) in [5.74, 6) is 0.339. The predicted molar refractivity (Wildman–Crippen MR) is 104 cm³/mol. The van der Waals surface area contributed by atoms with Crippen molar-refractivity contribution in [2.75, 3.05) is 0 Å². The second-order valence-corrected chi connectivity index (χ2v) is 8.40. The third-order valence-corrected chi connectivity index (χ3v) is 5.79. The summed E-state index contributed by atoms with van der Waals surface area (Å²) in [4.78, 5) is 0. The van der Waals surface area contributed by atoms with Crippen molar-refractivity contribution in [2.45, 2.75) is 53.4 Å². The van der Waals surface area contributed by atoms with Gasteiger partial charge >= 0.3 is 165 Å². The molecule has 0 heterocycles. The first-order valence-corrected chi connectivity index (χ1v) is 9.97. The number of rotatable bonds is 4. The molecule has 28 heavy (non-hydrogen) atoms. The molecule has 0 saturated carbocycles. The monoisotopic (exact) mass is 468 g/mol. The molecule has 0 radical (unpaired) electrons. The SMILES string of the molecule is CCC1=CC[C]([Ti+3])=C1C(c1cc(C)cc(C)c1)c1cc(C)cc(C)c1.[Cl-].[Cl-].[Cl-]. The molecule has 0 amide bonds. The molecule has 2 aromatic rings. The first-order valence-electron chi connectivity index (χ1n) is 9.19. The summed E-state index contributed by atoms with van der Waals surface area (Å²) < 4.78 is 1.53. The molecule has 0 aliphatic heterocycles. The van der Waals surface area contributed by atoms with E-state index in [1.165, 1.54) is 42.8 Å². The molecule has 4 heteroatoms. The quantitative estimate of drug-likeness (QED) is 0.439. The molecular weight excluding hydrogens is 442 g/mol. The van der Waals surface area contributed by atoms with Crippen molar-refractivity contribution in [1.29, 1.82) is 0 Å². The zero-order valence-electron chi connectivity index (χ0n) is 17.2. The van der Waals surface area contributed by atoms with Crippen molar-refractivity contribution in [3.8, 4) is 0 Å². The number of hydrogen-bond donors (Lipinski definition) is 0. The number of aryl methyl sites for hydroxylation is 4. The second kappa shape index (κ2) is 11.6. The van der Waals surface area contributed by atoms with Crippen LogP contribution in [0, 0.1) is 27.7 Å². The van der Waals surface area contributed by atoms with Gasteiger partial charge in [0.25, 0.3) is 0 Å². The van der Waals surface area contributed by atoms with Gasteiger partial charge in [-0.2, -0.15) is 0 Å². The molecule has 0 N–H and O–H groups in total. The zero-order chi connectivity index (χ0) is 18.1. The van der Waals surface area contributed by atoms with Crippen LogP contribution in [0.3, 0.4) is 0 Å². The van der Waals surface area contributed by atoms with Crippen molar-refractivity contribution in [1.82, 2.24) is 0 Å². The fraction of sp³-hybridized carbons (Fsp3) is 0.333. The Morgan fingerprint density at radius 3 is 1.50 bits per heavy atom. The van der Waals surface area contributed by atoms with Gasteiger partial charge in [0, 0.05) is 0 Å². The fourth-order valence-corrected chi connectivity index (χ4v) is 4.85. The van der Waals surface area contributed by atoms with Gasteiger partial charge in [0.2, 0.25) is 0 Å². The van der Waals surface area contributed by atoms with Crippen molar-refractivity contribution in [3.63, 3.8) is 0 Å². The summed E-state index contributed by atoms with van der Waals surface area (Å²) >= 11 is 2.31. The number of halogens is 3. The standard InChI is InChI=1S/C24H27.3ClH.Ti/c1-6-20-8-7-9-23(20)24(21-12-16(2)10-17(3)13-21)22-14-18(4)11-19(5)15-22;;;;/h8,10-15,24H,6-7H2,1-5H3;3*1H;/q;;;;+3/p-3. The van der Waals surface area contributed by atoms with Crippen molar-refractivity contribution >= 4 is 0 Å². The van der Waals surface area contributed by atoms with Crippen LogP contribution in [0.2, 0.25) is 0 Å². The summed E-state index contributed by atoms with van der Waals surface area (Å²) in [6.45, 7) is 11.1. The summed E-state index contributed by atoms with van der Waals surface area (Å²) in [6, 6.07) is 14.0. The van der Waals surface area contributed by atoms with Crippen LogP contribution in [-0.4, -0.2) is 0 Å². The zero-order valence-corrected chi connectivity index (χ0v) is 21.0. The van der Waals surface area contributed by atoms with E-state index in [1.54, 1.807) is 5.57 Å². The van der Waals surface area contributed by atoms with Gasteiger partial charge in [-0.25, -0.2) is 0 Å². The Labute approximate surface area is 200 Å². The van der Waals surface area contributed by atoms with Crippen molar-refractivity contribution < 1.29 is 57.7 Å². The van der Waals surface area contributed by atoms with E-state index in [4.69, 9.17) is 0 Å². The van der Waals surface area contributed by atoms with Gasteiger partial charge in [-0.1, -0.05) is 0 Å². The Kier molecular flexibility index (Phi) is 11.4. The number of benzene rings is 2. The normalized spacial score (nSPS) is 12.9. The van der Waals surface area contributed by atoms with Crippen LogP contribution in [0.15, 0.2) is 57.5 Å². The minimum Gasteiger partial charge on any atom is -1.00 e. The van der Waals surface area contributed by atoms with E-state index in [0.717, 1.165) is 12.8 Å². The van der Waals surface area contributed by atoms with Crippen LogP contribution >= 0.6 is 0 Å². The summed E-state index contributed by atoms with van der Waals surface area (Å²) in [6.07, 6.45) is 4.65. The smallest absolute Gasteiger partial charge is 1.00 e. The molecule has 3 rings (SSSR count). The molecule has 0 spiro atoms. The van der Waals surface area contributed by atoms with Crippen LogP contribution in [0.1, 0.15) is 59.1 Å². The van der Waals surface area contributed by atoms with Crippen molar-refractivity contribution in [2.24, 2.45) is 0 Å². The first kappa shape index (κ1) is 27.5. The van der Waals surface area contributed by atoms with Crippen LogP contribution < -0.4 is 37.2 Å². The predicted octanol–water partition coefficient (Wildman–Crippen LogP) is -2.39. The third kappa shape index (κ3) is 6.00. The van der Waals surface area contributed by atoms with E-state index in [0.29, 0.717) is 5.92 Å². The molecule has 0 atom stereocenters. The molecule has 148 valence electrons. The maximum absolute atomic E-state index is 2.43. The molecular formula is C24H27Cl3Ti. The molecule has 0 fully saturated rings. The van der Waals surface area contributed by atoms with Crippen LogP contribution in [0.4, 0.5) is 0 Å². The minimum absolute atomic E-state index is 0. The van der Waals surface area contributed by atoms with Crippen LogP contribution in [-0.2, 0) is 20.4 Å². The fourth-order valence-electron chi connectivity index (χ4n) is 4.21. The number of hydrogen-bond acceptors (Lipinski definition) is 0. The third-order valence-electron chi connectivity index (χ3n) is 5.05. The first-order chi connectivity index (χ1) is 11.9. The van der Waals surface area contributed by atoms with Gasteiger partial charge in [-0.15, -0.1) is 0 Å². The van der Waals surface area contributed by atoms with Gasteiger partial charge in [0.15, 0.2) is 0 Å². The Morgan fingerprint density at radius 2 is 1.14 bits per heavy atom. The Bertz CT molecular complexity index is 789. The Morgan fingerprint density at radius 1 is 0.750 bits per heavy atom. The molecule has 0 aromatic heterocycles. The van der Waals surface area contributed by atoms with Crippen LogP contribution in [0.25, 0.3) is 0 Å². The molecule has 0 bridgehead atoms. The van der Waals surface area contributed by atoms with E-state index in [1.807, 2.05) is 0 Å². The van der Waals surface area contributed by atoms with E-state index >= 15 is 0 Å². The summed E-state index contributed by atoms with van der Waals surface area (Å²) in [7, 11) is 0. The van der Waals surface area contributed by atoms with Crippen molar-refractivity contribution in [3.05, 3.63) is 90.9 Å². The molecule has 0 nitrogen and oxygen atoms in total. The molecule has 0 unspecified atom stereocenters. The van der Waals surface area contributed by atoms with Gasteiger partial charge in [0.1, 0.15) is 0 Å².